The minimum absolute atomic E-state index is 0.820. The van der Waals surface area contributed by atoms with Gasteiger partial charge in [-0.1, -0.05) is 170 Å². The van der Waals surface area contributed by atoms with Crippen molar-refractivity contribution < 1.29 is 4.57 Å². The number of aromatic amines is 1. The first kappa shape index (κ1) is 48.2. The van der Waals surface area contributed by atoms with Gasteiger partial charge < -0.3 is 0 Å². The van der Waals surface area contributed by atoms with Crippen LogP contribution in [0.15, 0.2) is 303 Å². The summed E-state index contributed by atoms with van der Waals surface area (Å²) in [5, 5.41) is 0. The van der Waals surface area contributed by atoms with Crippen molar-refractivity contribution in [3.05, 3.63) is 326 Å². The van der Waals surface area contributed by atoms with Crippen LogP contribution in [0.1, 0.15) is 22.3 Å². The minimum Gasteiger partial charge on any atom is -0.292 e. The summed E-state index contributed by atoms with van der Waals surface area (Å²) in [6.07, 6.45) is 0. The first-order valence-electron chi connectivity index (χ1n) is 28.8. The van der Waals surface area contributed by atoms with Crippen molar-refractivity contribution in [3.63, 3.8) is 0 Å². The maximum Gasteiger partial charge on any atom is 0.292 e. The quantitative estimate of drug-likeness (QED) is 0.139. The second kappa shape index (κ2) is 19.3. The van der Waals surface area contributed by atoms with E-state index in [0.29, 0.717) is 0 Å². The number of imidazole rings is 4. The zero-order valence-electron chi connectivity index (χ0n) is 46.0. The Bertz CT molecular complexity index is 4640. The molecule has 12 aromatic carbocycles. The Kier molecular flexibility index (Phi) is 11.0. The van der Waals surface area contributed by atoms with E-state index < -0.39 is 5.41 Å². The number of aromatic nitrogens is 8. The summed E-state index contributed by atoms with van der Waals surface area (Å²) in [7, 11) is 0. The Hall–Kier alpha value is -11.5. The molecule has 0 saturated carbocycles. The fourth-order valence-electron chi connectivity index (χ4n) is 13.5. The van der Waals surface area contributed by atoms with Crippen molar-refractivity contribution in [3.8, 4) is 79.4 Å². The number of nitrogens with one attached hydrogen (secondary N) is 1. The van der Waals surface area contributed by atoms with Gasteiger partial charge in [-0.25, -0.2) is 19.9 Å². The second-order valence-electron chi connectivity index (χ2n) is 21.9. The molecule has 0 bridgehead atoms. The molecule has 1 N–H and O–H groups in total. The Balaban J connectivity index is 1.05. The first-order valence-corrected chi connectivity index (χ1v) is 28.8. The monoisotopic (exact) mass is 1090 g/mol. The summed E-state index contributed by atoms with van der Waals surface area (Å²) < 4.78 is 9.31. The van der Waals surface area contributed by atoms with Crippen LogP contribution in [0.4, 0.5) is 0 Å². The van der Waals surface area contributed by atoms with E-state index in [2.05, 4.69) is 327 Å². The molecule has 4 aromatic heterocycles. The third kappa shape index (κ3) is 7.55. The summed E-state index contributed by atoms with van der Waals surface area (Å²) in [6, 6.07) is 109. The number of nitrogens with zero attached hydrogens (tertiary/aromatic N) is 7. The van der Waals surface area contributed by atoms with E-state index in [1.165, 1.54) is 22.3 Å². The molecule has 8 heteroatoms. The lowest BCUT2D eigenvalue weighted by Crippen LogP contribution is -2.32. The molecule has 398 valence electrons. The van der Waals surface area contributed by atoms with Crippen LogP contribution in [0.3, 0.4) is 0 Å². The van der Waals surface area contributed by atoms with Crippen LogP contribution in [0.2, 0.25) is 0 Å². The van der Waals surface area contributed by atoms with Crippen LogP contribution in [0.25, 0.3) is 124 Å². The molecule has 0 saturated heterocycles. The molecule has 85 heavy (non-hydrogen) atoms. The van der Waals surface area contributed by atoms with Gasteiger partial charge in [0.25, 0.3) is 5.82 Å². The van der Waals surface area contributed by atoms with E-state index in [4.69, 9.17) is 15.0 Å². The van der Waals surface area contributed by atoms with Gasteiger partial charge in [0.2, 0.25) is 0 Å². The Morgan fingerprint density at radius 2 is 0.671 bits per heavy atom. The number of rotatable bonds is 10. The molecule has 1 aliphatic rings. The zero-order chi connectivity index (χ0) is 56.0. The summed E-state index contributed by atoms with van der Waals surface area (Å²) in [4.78, 5) is 20.8. The molecule has 0 radical (unpaired) electrons. The maximum atomic E-state index is 5.62. The average molecular weight is 1090 g/mol. The predicted molar refractivity (Wildman–Crippen MR) is 343 cm³/mol. The maximum absolute atomic E-state index is 5.62. The highest BCUT2D eigenvalue weighted by Gasteiger charge is 2.47. The molecule has 17 rings (SSSR count). The first-order chi connectivity index (χ1) is 42.2. The van der Waals surface area contributed by atoms with E-state index >= 15 is 0 Å². The van der Waals surface area contributed by atoms with Gasteiger partial charge in [-0.05, 0) is 167 Å². The number of H-pyrrole nitrogens is 1. The molecule has 16 aromatic rings. The van der Waals surface area contributed by atoms with Crippen molar-refractivity contribution in [2.75, 3.05) is 0 Å². The summed E-state index contributed by atoms with van der Waals surface area (Å²) >= 11 is 0. The molecule has 0 fully saturated rings. The number of hydrogen-bond donors (Lipinski definition) is 1. The molecule has 0 spiro atoms. The van der Waals surface area contributed by atoms with Crippen LogP contribution in [-0.2, 0) is 5.41 Å². The third-order valence-corrected chi connectivity index (χ3v) is 17.1. The topological polar surface area (TPSA) is 73.1 Å². The average Bonchev–Trinajstić information content (AvgIpc) is 1.65. The van der Waals surface area contributed by atoms with Crippen molar-refractivity contribution in [1.29, 1.82) is 0 Å². The van der Waals surface area contributed by atoms with Crippen molar-refractivity contribution in [2.24, 2.45) is 0 Å². The van der Waals surface area contributed by atoms with E-state index in [0.717, 1.165) is 124 Å². The summed E-state index contributed by atoms with van der Waals surface area (Å²) in [5.41, 5.74) is 21.6. The number of hydrogen-bond acceptors (Lipinski definition) is 3. The SMILES string of the molecule is c1ccc(-n2c(-c3cc(-c4nc5ccccc5n4-c4ccccc4)cc(C4(c5cc(-c6nc7ccccc7n6-c6ccccc6)cc(-c6[nH]c7ccccc7[n+]6-c6ccccc6)c5)c5ccccc5-c5ccccc54)c3)nc3ccccc32)cc1. The van der Waals surface area contributed by atoms with Gasteiger partial charge >= 0.3 is 0 Å². The minimum atomic E-state index is -0.969. The standard InChI is InChI=1S/C77H50N8/c1-5-25-57(26-6-1)82-69-41-21-17-37-65(69)78-73(82)51-45-52(74-79-66-38-18-22-42-70(66)83(74)58-27-7-2-8-28-58)48-55(47-51)77(63-35-15-13-33-61(63)62-34-14-16-36-64(62)77)56-49-53(75-80-67-39-19-23-43-71(67)84(75)59-29-9-3-10-30-59)46-54(50-56)76-81-68-40-20-24-44-72(68)85(76)60-31-11-4-12-32-60/h1-50H/p+1. The highest BCUT2D eigenvalue weighted by Crippen LogP contribution is 2.58. The molecule has 0 unspecified atom stereocenters. The van der Waals surface area contributed by atoms with Crippen LogP contribution in [-0.4, -0.2) is 33.6 Å². The van der Waals surface area contributed by atoms with Crippen LogP contribution in [0.5, 0.6) is 0 Å². The number of para-hydroxylation sites is 12. The lowest BCUT2D eigenvalue weighted by Gasteiger charge is -2.35. The fraction of sp³-hybridized carbons (Fsp3) is 0.0130. The van der Waals surface area contributed by atoms with Crippen molar-refractivity contribution in [1.82, 2.24) is 33.6 Å². The largest absolute Gasteiger partial charge is 0.292 e. The van der Waals surface area contributed by atoms with Crippen LogP contribution in [0, 0.1) is 0 Å². The number of benzene rings is 12. The fourth-order valence-corrected chi connectivity index (χ4v) is 13.5. The number of fused-ring (bicyclic) bond motifs is 7. The molecule has 0 atom stereocenters. The zero-order valence-corrected chi connectivity index (χ0v) is 46.0. The normalized spacial score (nSPS) is 12.6. The summed E-state index contributed by atoms with van der Waals surface area (Å²) in [5.74, 6) is 3.41. The molecule has 0 amide bonds. The molecule has 0 aliphatic heterocycles. The highest BCUT2D eigenvalue weighted by molar-refractivity contribution is 5.92. The van der Waals surface area contributed by atoms with E-state index in [9.17, 15) is 0 Å². The Morgan fingerprint density at radius 3 is 1.13 bits per heavy atom. The molecular weight excluding hydrogens is 1040 g/mol. The highest BCUT2D eigenvalue weighted by atomic mass is 15.1. The van der Waals surface area contributed by atoms with Gasteiger partial charge in [0.15, 0.2) is 11.0 Å². The third-order valence-electron chi connectivity index (χ3n) is 17.1. The second-order valence-corrected chi connectivity index (χ2v) is 21.9. The van der Waals surface area contributed by atoms with Gasteiger partial charge in [-0.3, -0.25) is 13.7 Å². The van der Waals surface area contributed by atoms with Crippen LogP contribution >= 0.6 is 0 Å². The molecule has 4 heterocycles. The molecular formula is C77H51N8+. The van der Waals surface area contributed by atoms with Crippen molar-refractivity contribution in [2.45, 2.75) is 5.41 Å². The molecule has 1 aliphatic carbocycles. The van der Waals surface area contributed by atoms with Gasteiger partial charge in [0, 0.05) is 33.8 Å². The van der Waals surface area contributed by atoms with Crippen molar-refractivity contribution >= 4 is 44.1 Å². The van der Waals surface area contributed by atoms with E-state index in [-0.39, 0.29) is 0 Å². The molecule has 8 nitrogen and oxygen atoms in total. The Labute approximate surface area is 490 Å². The van der Waals surface area contributed by atoms with Gasteiger partial charge in [0.05, 0.1) is 44.1 Å². The lowest BCUT2D eigenvalue weighted by atomic mass is 9.66. The lowest BCUT2D eigenvalue weighted by molar-refractivity contribution is -0.554. The van der Waals surface area contributed by atoms with E-state index in [1.807, 2.05) is 0 Å². The Morgan fingerprint density at radius 1 is 0.318 bits per heavy atom. The smallest absolute Gasteiger partial charge is 0.292 e. The summed E-state index contributed by atoms with van der Waals surface area (Å²) in [6.45, 7) is 0. The van der Waals surface area contributed by atoms with Gasteiger partial charge in [-0.15, -0.1) is 0 Å². The van der Waals surface area contributed by atoms with Gasteiger partial charge in [0.1, 0.15) is 23.2 Å². The predicted octanol–water partition coefficient (Wildman–Crippen LogP) is 17.5. The van der Waals surface area contributed by atoms with Gasteiger partial charge in [-0.2, -0.15) is 4.57 Å². The van der Waals surface area contributed by atoms with Crippen LogP contribution < -0.4 is 4.57 Å². The van der Waals surface area contributed by atoms with E-state index in [1.54, 1.807) is 0 Å².